The minimum absolute atomic E-state index is 0. The molecule has 4 N–H and O–H groups in total. The number of piperidine rings is 1. The summed E-state index contributed by atoms with van der Waals surface area (Å²) in [6, 6.07) is 0. The van der Waals surface area contributed by atoms with Crippen molar-refractivity contribution in [3.05, 3.63) is 0 Å². The summed E-state index contributed by atoms with van der Waals surface area (Å²) in [6.07, 6.45) is 2.02. The molecule has 0 saturated carbocycles. The van der Waals surface area contributed by atoms with Crippen LogP contribution in [-0.2, 0) is 4.79 Å². The van der Waals surface area contributed by atoms with Crippen LogP contribution in [0.3, 0.4) is 0 Å². The first kappa shape index (κ1) is 10.7. The van der Waals surface area contributed by atoms with Crippen LogP contribution in [0, 0.1) is 5.92 Å². The van der Waals surface area contributed by atoms with E-state index in [1.807, 2.05) is 0 Å². The van der Waals surface area contributed by atoms with Gasteiger partial charge in [0, 0.05) is 6.54 Å². The van der Waals surface area contributed by atoms with Crippen LogP contribution in [0.2, 0.25) is 0 Å². The summed E-state index contributed by atoms with van der Waals surface area (Å²) in [5, 5.41) is 3.13. The normalized spacial score (nSPS) is 23.5. The molecule has 0 bridgehead atoms. The molecule has 0 aromatic rings. The van der Waals surface area contributed by atoms with Gasteiger partial charge in [0.15, 0.2) is 0 Å². The average Bonchev–Trinajstić information content (AvgIpc) is 2.05. The Balaban J connectivity index is 0.000001000. The lowest BCUT2D eigenvalue weighted by atomic mass is 9.99. The van der Waals surface area contributed by atoms with Crippen molar-refractivity contribution < 1.29 is 4.79 Å². The monoisotopic (exact) mass is 179 g/mol. The van der Waals surface area contributed by atoms with E-state index in [-0.39, 0.29) is 24.2 Å². The topological polar surface area (TPSA) is 67.1 Å². The van der Waals surface area contributed by atoms with Crippen LogP contribution in [0.25, 0.3) is 0 Å². The van der Waals surface area contributed by atoms with E-state index < -0.39 is 0 Å². The van der Waals surface area contributed by atoms with Crippen LogP contribution in [0.1, 0.15) is 12.8 Å². The molecular weight excluding hydrogens is 166 g/mol. The third-order valence-corrected chi connectivity index (χ3v) is 1.81. The van der Waals surface area contributed by atoms with E-state index in [2.05, 4.69) is 10.7 Å². The summed E-state index contributed by atoms with van der Waals surface area (Å²) in [6.45, 7) is 1.79. The molecule has 1 aliphatic rings. The van der Waals surface area contributed by atoms with Crippen LogP contribution < -0.4 is 16.6 Å². The van der Waals surface area contributed by atoms with Crippen molar-refractivity contribution in [3.63, 3.8) is 0 Å². The molecule has 0 unspecified atom stereocenters. The molecule has 1 rings (SSSR count). The maximum absolute atomic E-state index is 10.9. The van der Waals surface area contributed by atoms with E-state index in [9.17, 15) is 4.79 Å². The number of rotatable bonds is 1. The smallest absolute Gasteiger partial charge is 0.238 e. The summed E-state index contributed by atoms with van der Waals surface area (Å²) < 4.78 is 0. The molecule has 1 heterocycles. The van der Waals surface area contributed by atoms with Gasteiger partial charge in [-0.15, -0.1) is 12.4 Å². The SMILES string of the molecule is Cl.NNC(=O)[C@@H]1CCCNC1. The van der Waals surface area contributed by atoms with E-state index in [1.165, 1.54) is 0 Å². The highest BCUT2D eigenvalue weighted by molar-refractivity contribution is 5.85. The van der Waals surface area contributed by atoms with Crippen LogP contribution in [0.15, 0.2) is 0 Å². The quantitative estimate of drug-likeness (QED) is 0.286. The Kier molecular flexibility index (Phi) is 5.19. The third kappa shape index (κ3) is 3.05. The van der Waals surface area contributed by atoms with Gasteiger partial charge in [0.25, 0.3) is 0 Å². The Hall–Kier alpha value is -0.320. The zero-order chi connectivity index (χ0) is 7.40. The number of carbonyl (C=O) groups is 1. The summed E-state index contributed by atoms with van der Waals surface area (Å²) in [5.74, 6) is 5.01. The highest BCUT2D eigenvalue weighted by Crippen LogP contribution is 2.08. The maximum Gasteiger partial charge on any atom is 0.238 e. The van der Waals surface area contributed by atoms with Crippen LogP contribution >= 0.6 is 12.4 Å². The van der Waals surface area contributed by atoms with Crippen LogP contribution in [0.4, 0.5) is 0 Å². The molecule has 4 nitrogen and oxygen atoms in total. The third-order valence-electron chi connectivity index (χ3n) is 1.81. The lowest BCUT2D eigenvalue weighted by Gasteiger charge is -2.20. The van der Waals surface area contributed by atoms with Gasteiger partial charge in [0.05, 0.1) is 5.92 Å². The number of nitrogens with one attached hydrogen (secondary N) is 2. The number of hydrogen-bond donors (Lipinski definition) is 3. The van der Waals surface area contributed by atoms with Crippen LogP contribution in [0.5, 0.6) is 0 Å². The van der Waals surface area contributed by atoms with Crippen molar-refractivity contribution in [2.24, 2.45) is 11.8 Å². The summed E-state index contributed by atoms with van der Waals surface area (Å²) in [5.41, 5.74) is 2.16. The van der Waals surface area contributed by atoms with Crippen molar-refractivity contribution in [2.75, 3.05) is 13.1 Å². The molecule has 66 valence electrons. The van der Waals surface area contributed by atoms with Crippen molar-refractivity contribution in [1.82, 2.24) is 10.7 Å². The molecule has 0 radical (unpaired) electrons. The number of halogens is 1. The molecule has 5 heteroatoms. The van der Waals surface area contributed by atoms with Gasteiger partial charge in [-0.05, 0) is 19.4 Å². The summed E-state index contributed by atoms with van der Waals surface area (Å²) in [4.78, 5) is 10.9. The molecule has 1 fully saturated rings. The minimum atomic E-state index is -0.0489. The fourth-order valence-corrected chi connectivity index (χ4v) is 1.19. The highest BCUT2D eigenvalue weighted by atomic mass is 35.5. The molecule has 1 atom stereocenters. The Bertz CT molecular complexity index is 125. The largest absolute Gasteiger partial charge is 0.316 e. The molecule has 1 saturated heterocycles. The average molecular weight is 180 g/mol. The number of amides is 1. The molecule has 0 aliphatic carbocycles. The second kappa shape index (κ2) is 5.35. The molecule has 1 aliphatic heterocycles. The molecule has 0 spiro atoms. The first-order valence-electron chi connectivity index (χ1n) is 3.56. The van der Waals surface area contributed by atoms with Crippen molar-refractivity contribution >= 4 is 18.3 Å². The van der Waals surface area contributed by atoms with Gasteiger partial charge in [-0.1, -0.05) is 0 Å². The number of nitrogens with two attached hydrogens (primary N) is 1. The van der Waals surface area contributed by atoms with E-state index >= 15 is 0 Å². The lowest BCUT2D eigenvalue weighted by Crippen LogP contribution is -2.43. The first-order valence-corrected chi connectivity index (χ1v) is 3.56. The predicted octanol–water partition coefficient (Wildman–Crippen LogP) is -0.602. The van der Waals surface area contributed by atoms with Crippen molar-refractivity contribution in [2.45, 2.75) is 12.8 Å². The fraction of sp³-hybridized carbons (Fsp3) is 0.833. The number of hydrogen-bond acceptors (Lipinski definition) is 3. The van der Waals surface area contributed by atoms with Gasteiger partial charge in [-0.25, -0.2) is 5.84 Å². The second-order valence-corrected chi connectivity index (χ2v) is 2.55. The van der Waals surface area contributed by atoms with Gasteiger partial charge in [0.2, 0.25) is 5.91 Å². The van der Waals surface area contributed by atoms with Crippen molar-refractivity contribution in [1.29, 1.82) is 0 Å². The second-order valence-electron chi connectivity index (χ2n) is 2.55. The molecular formula is C6H14ClN3O. The lowest BCUT2D eigenvalue weighted by molar-refractivity contribution is -0.125. The van der Waals surface area contributed by atoms with Gasteiger partial charge < -0.3 is 5.32 Å². The van der Waals surface area contributed by atoms with Gasteiger partial charge in [0.1, 0.15) is 0 Å². The highest BCUT2D eigenvalue weighted by Gasteiger charge is 2.19. The first-order chi connectivity index (χ1) is 4.84. The predicted molar refractivity (Wildman–Crippen MR) is 45.2 cm³/mol. The number of hydrazine groups is 1. The van der Waals surface area contributed by atoms with Gasteiger partial charge in [-0.2, -0.15) is 0 Å². The number of carbonyl (C=O) groups excluding carboxylic acids is 1. The van der Waals surface area contributed by atoms with Crippen molar-refractivity contribution in [3.8, 4) is 0 Å². The van der Waals surface area contributed by atoms with Gasteiger partial charge >= 0.3 is 0 Å². The Morgan fingerprint density at radius 3 is 2.82 bits per heavy atom. The van der Waals surface area contributed by atoms with E-state index in [0.717, 1.165) is 25.9 Å². The molecule has 0 aromatic heterocycles. The van der Waals surface area contributed by atoms with E-state index in [0.29, 0.717) is 0 Å². The van der Waals surface area contributed by atoms with E-state index in [4.69, 9.17) is 5.84 Å². The van der Waals surface area contributed by atoms with E-state index in [1.54, 1.807) is 0 Å². The minimum Gasteiger partial charge on any atom is -0.316 e. The Morgan fingerprint density at radius 2 is 2.36 bits per heavy atom. The molecule has 1 amide bonds. The Labute approximate surface area is 72.3 Å². The zero-order valence-corrected chi connectivity index (χ0v) is 7.12. The molecule has 11 heavy (non-hydrogen) atoms. The van der Waals surface area contributed by atoms with Gasteiger partial charge in [-0.3, -0.25) is 10.2 Å². The zero-order valence-electron chi connectivity index (χ0n) is 6.30. The Morgan fingerprint density at radius 1 is 1.64 bits per heavy atom. The van der Waals surface area contributed by atoms with Crippen LogP contribution in [-0.4, -0.2) is 19.0 Å². The standard InChI is InChI=1S/C6H13N3O.ClH/c7-9-6(10)5-2-1-3-8-4-5;/h5,8H,1-4,7H2,(H,9,10);1H/t5-;/m1./s1. The fourth-order valence-electron chi connectivity index (χ4n) is 1.19. The summed E-state index contributed by atoms with van der Waals surface area (Å²) in [7, 11) is 0. The molecule has 0 aromatic carbocycles. The summed E-state index contributed by atoms with van der Waals surface area (Å²) >= 11 is 0. The maximum atomic E-state index is 10.9.